The van der Waals surface area contributed by atoms with Crippen LogP contribution in [0, 0.1) is 27.9 Å². The van der Waals surface area contributed by atoms with Gasteiger partial charge in [-0.1, -0.05) is 49.2 Å². The number of aliphatic hydroxyl groups excluding tert-OH is 2. The number of aromatic hydroxyl groups is 1. The number of nitro groups is 1. The summed E-state index contributed by atoms with van der Waals surface area (Å²) >= 11 is 0. The number of aliphatic hydroxyl groups is 3. The van der Waals surface area contributed by atoms with Gasteiger partial charge in [0.15, 0.2) is 0 Å². The summed E-state index contributed by atoms with van der Waals surface area (Å²) in [5.74, 6) is -2.59. The van der Waals surface area contributed by atoms with Gasteiger partial charge < -0.3 is 45.2 Å². The molecule has 7 rings (SSSR count). The van der Waals surface area contributed by atoms with Crippen LogP contribution in [0.15, 0.2) is 89.6 Å². The molecule has 2 amide bonds. The topological polar surface area (TPSA) is 203 Å². The van der Waals surface area contributed by atoms with E-state index in [2.05, 4.69) is 16.4 Å². The molecule has 14 heteroatoms. The Labute approximate surface area is 337 Å². The largest absolute Gasteiger partial charge is 0.508 e. The molecule has 1 aliphatic heterocycles. The number of nitrogens with zero attached hydrogens (tertiary/aromatic N) is 3. The number of fused-ring (bicyclic) bond motifs is 3. The van der Waals surface area contributed by atoms with Gasteiger partial charge >= 0.3 is 6.03 Å². The molecule has 308 valence electrons. The van der Waals surface area contributed by atoms with Crippen molar-refractivity contribution < 1.29 is 39.7 Å². The minimum absolute atomic E-state index is 0.0122. The second-order valence-electron chi connectivity index (χ2n) is 15.7. The van der Waals surface area contributed by atoms with E-state index in [-0.39, 0.29) is 68.0 Å². The number of hydrogen-bond donors (Lipinski definition) is 6. The molecule has 1 fully saturated rings. The van der Waals surface area contributed by atoms with E-state index in [9.17, 15) is 35.3 Å². The normalized spacial score (nSPS) is 24.0. The van der Waals surface area contributed by atoms with Crippen molar-refractivity contribution in [3.05, 3.63) is 111 Å². The number of rotatable bonds is 17. The monoisotopic (exact) mass is 795 g/mol. The highest BCUT2D eigenvalue weighted by Crippen LogP contribution is 2.60. The van der Waals surface area contributed by atoms with Gasteiger partial charge in [-0.25, -0.2) is 4.79 Å². The molecular weight excluding hydrogens is 743 g/mol. The second kappa shape index (κ2) is 18.0. The molecule has 6 unspecified atom stereocenters. The summed E-state index contributed by atoms with van der Waals surface area (Å²) in [6.45, 7) is 2.63. The number of benzene rings is 3. The Bertz CT molecular complexity index is 2100. The number of aromatic nitrogens is 1. The van der Waals surface area contributed by atoms with E-state index in [1.807, 2.05) is 37.3 Å². The first-order valence-electron chi connectivity index (χ1n) is 20.4. The molecule has 1 aromatic heterocycles. The molecule has 3 aromatic carbocycles. The van der Waals surface area contributed by atoms with Gasteiger partial charge in [0.25, 0.3) is 5.69 Å². The molecule has 6 N–H and O–H groups in total. The van der Waals surface area contributed by atoms with Crippen molar-refractivity contribution in [1.82, 2.24) is 15.2 Å². The third-order valence-corrected chi connectivity index (χ3v) is 11.9. The number of aromatic amines is 1. The maximum absolute atomic E-state index is 14.4. The number of non-ortho nitro benzene ring substituents is 1. The van der Waals surface area contributed by atoms with E-state index in [1.54, 1.807) is 29.2 Å². The predicted octanol–water partition coefficient (Wildman–Crippen LogP) is 7.03. The van der Waals surface area contributed by atoms with E-state index in [0.717, 1.165) is 53.4 Å². The summed E-state index contributed by atoms with van der Waals surface area (Å²) < 4.78 is 6.72. The fraction of sp³-hybridized carbons (Fsp3) is 0.455. The van der Waals surface area contributed by atoms with Crippen molar-refractivity contribution in [3.8, 4) is 11.5 Å². The van der Waals surface area contributed by atoms with Gasteiger partial charge in [-0.05, 0) is 103 Å². The summed E-state index contributed by atoms with van der Waals surface area (Å²) in [4.78, 5) is 36.2. The van der Waals surface area contributed by atoms with Gasteiger partial charge in [-0.15, -0.1) is 0 Å². The maximum Gasteiger partial charge on any atom is 0.318 e. The first kappa shape index (κ1) is 40.7. The van der Waals surface area contributed by atoms with Crippen LogP contribution in [-0.4, -0.2) is 78.6 Å². The van der Waals surface area contributed by atoms with Crippen LogP contribution in [0.4, 0.5) is 10.5 Å². The molecule has 3 aliphatic rings. The number of oxime groups is 1. The molecule has 4 aromatic rings. The van der Waals surface area contributed by atoms with E-state index in [1.165, 1.54) is 18.2 Å². The van der Waals surface area contributed by atoms with E-state index < -0.39 is 22.7 Å². The Morgan fingerprint density at radius 3 is 2.53 bits per heavy atom. The van der Waals surface area contributed by atoms with Gasteiger partial charge in [0.2, 0.25) is 5.79 Å². The summed E-state index contributed by atoms with van der Waals surface area (Å²) in [6.07, 6.45) is 7.05. The van der Waals surface area contributed by atoms with Crippen molar-refractivity contribution >= 4 is 28.3 Å². The van der Waals surface area contributed by atoms with Crippen molar-refractivity contribution in [1.29, 1.82) is 0 Å². The zero-order valence-electron chi connectivity index (χ0n) is 32.8. The van der Waals surface area contributed by atoms with Gasteiger partial charge in [0, 0.05) is 61.0 Å². The number of phenols is 1. The summed E-state index contributed by atoms with van der Waals surface area (Å²) in [5.41, 5.74) is 4.46. The minimum atomic E-state index is -1.92. The SMILES string of the molecule is CCCN(C(=O)NCc1cc2ccccc2[nH]1)C1CC(=NOCc2ccc([N+](=O)[O-])cc2)C2=CC(CCCCO)C(CCCCO)C3c4cc(O)ccc4OC1(O)C23. The third kappa shape index (κ3) is 8.40. The molecule has 0 radical (unpaired) electrons. The number of urea groups is 1. The summed E-state index contributed by atoms with van der Waals surface area (Å²) in [5, 5.41) is 63.7. The van der Waals surface area contributed by atoms with Crippen LogP contribution in [0.25, 0.3) is 10.9 Å². The van der Waals surface area contributed by atoms with Crippen molar-refractivity contribution in [2.45, 2.75) is 89.2 Å². The Balaban J connectivity index is 1.31. The molecule has 1 saturated carbocycles. The average molecular weight is 796 g/mol. The van der Waals surface area contributed by atoms with Crippen LogP contribution in [0.2, 0.25) is 0 Å². The van der Waals surface area contributed by atoms with Crippen LogP contribution < -0.4 is 10.1 Å². The van der Waals surface area contributed by atoms with E-state index in [0.29, 0.717) is 42.8 Å². The average Bonchev–Trinajstić information content (AvgIpc) is 3.64. The Kier molecular flexibility index (Phi) is 12.6. The first-order valence-corrected chi connectivity index (χ1v) is 20.4. The molecule has 58 heavy (non-hydrogen) atoms. The Morgan fingerprint density at radius 1 is 1.05 bits per heavy atom. The third-order valence-electron chi connectivity index (χ3n) is 11.9. The summed E-state index contributed by atoms with van der Waals surface area (Å²) in [6, 6.07) is 19.5. The smallest absolute Gasteiger partial charge is 0.318 e. The number of phenolic OH excluding ortho intramolecular Hbond substituents is 1. The van der Waals surface area contributed by atoms with Crippen LogP contribution in [0.3, 0.4) is 0 Å². The quantitative estimate of drug-likeness (QED) is 0.0369. The number of hydrogen-bond acceptors (Lipinski definition) is 10. The number of carbonyl (C=O) groups excluding carboxylic acids is 1. The molecular formula is C44H53N5O9. The molecule has 2 heterocycles. The lowest BCUT2D eigenvalue weighted by atomic mass is 9.55. The number of ether oxygens (including phenoxy) is 1. The van der Waals surface area contributed by atoms with Crippen molar-refractivity contribution in [2.24, 2.45) is 22.9 Å². The highest BCUT2D eigenvalue weighted by molar-refractivity contribution is 6.03. The lowest BCUT2D eigenvalue weighted by Crippen LogP contribution is -2.69. The molecule has 14 nitrogen and oxygen atoms in total. The number of allylic oxidation sites excluding steroid dienone is 1. The number of nitro benzene ring substituents is 1. The predicted molar refractivity (Wildman–Crippen MR) is 218 cm³/mol. The van der Waals surface area contributed by atoms with E-state index >= 15 is 0 Å². The van der Waals surface area contributed by atoms with Gasteiger partial charge in [0.05, 0.1) is 23.1 Å². The second-order valence-corrected chi connectivity index (χ2v) is 15.7. The number of unbranched alkanes of at least 4 members (excludes halogenated alkanes) is 2. The number of H-pyrrole nitrogens is 1. The standard InChI is InChI=1S/C44H53N5O9/c1-2-19-48(43(53)45-26-31-22-30-10-3-4-12-37(30)46-31)40-25-38(47-57-27-28-13-15-32(16-14-28)49(55)56)35-23-29(9-5-7-20-50)34(11-6-8-21-51)41-36-24-33(52)17-18-39(36)58-44(40,54)42(35)41/h3-4,10,12-18,22-24,29,34,40-42,46,50-52,54H,2,5-9,11,19-21,25-27H2,1H3,(H,45,53). The first-order chi connectivity index (χ1) is 28.1. The van der Waals surface area contributed by atoms with Gasteiger partial charge in [0.1, 0.15) is 24.1 Å². The Hall–Kier alpha value is -5.44. The zero-order valence-corrected chi connectivity index (χ0v) is 32.8. The lowest BCUT2D eigenvalue weighted by molar-refractivity contribution is -0.384. The maximum atomic E-state index is 14.4. The fourth-order valence-corrected chi connectivity index (χ4v) is 9.32. The number of amides is 2. The number of para-hydroxylation sites is 1. The van der Waals surface area contributed by atoms with E-state index in [4.69, 9.17) is 14.7 Å². The van der Waals surface area contributed by atoms with Crippen LogP contribution in [0.1, 0.15) is 81.0 Å². The van der Waals surface area contributed by atoms with Crippen LogP contribution in [-0.2, 0) is 18.0 Å². The van der Waals surface area contributed by atoms with Crippen LogP contribution in [0.5, 0.6) is 11.5 Å². The molecule has 0 bridgehead atoms. The van der Waals surface area contributed by atoms with Crippen LogP contribution >= 0.6 is 0 Å². The lowest BCUT2D eigenvalue weighted by Gasteiger charge is -2.58. The fourth-order valence-electron chi connectivity index (χ4n) is 9.32. The highest BCUT2D eigenvalue weighted by atomic mass is 16.6. The molecule has 6 atom stereocenters. The van der Waals surface area contributed by atoms with Crippen molar-refractivity contribution in [2.75, 3.05) is 19.8 Å². The number of nitrogens with one attached hydrogen (secondary N) is 2. The Morgan fingerprint density at radius 2 is 1.81 bits per heavy atom. The molecule has 0 spiro atoms. The molecule has 2 aliphatic carbocycles. The summed E-state index contributed by atoms with van der Waals surface area (Å²) in [7, 11) is 0. The number of carbonyl (C=O) groups is 1. The zero-order chi connectivity index (χ0) is 40.8. The van der Waals surface area contributed by atoms with Gasteiger partial charge in [-0.2, -0.15) is 0 Å². The highest BCUT2D eigenvalue weighted by Gasteiger charge is 2.64. The van der Waals surface area contributed by atoms with Gasteiger partial charge in [-0.3, -0.25) is 10.1 Å². The minimum Gasteiger partial charge on any atom is -0.508 e. The van der Waals surface area contributed by atoms with Crippen molar-refractivity contribution in [3.63, 3.8) is 0 Å². The molecule has 0 saturated heterocycles.